The second-order valence-electron chi connectivity index (χ2n) is 6.22. The van der Waals surface area contributed by atoms with Crippen molar-refractivity contribution in [3.63, 3.8) is 0 Å². The fourth-order valence-electron chi connectivity index (χ4n) is 1.97. The summed E-state index contributed by atoms with van der Waals surface area (Å²) in [5.41, 5.74) is -2.33. The largest absolute Gasteiger partial charge is 0.425 e. The molecule has 9 heteroatoms. The molecule has 24 heavy (non-hydrogen) atoms. The van der Waals surface area contributed by atoms with E-state index in [0.717, 1.165) is 28.8 Å². The third-order valence-electron chi connectivity index (χ3n) is 3.00. The normalized spacial score (nSPS) is 18.7. The molecule has 0 bridgehead atoms. The molecule has 0 spiro atoms. The van der Waals surface area contributed by atoms with E-state index < -0.39 is 34.7 Å². The number of rotatable bonds is 2. The summed E-state index contributed by atoms with van der Waals surface area (Å²) in [6, 6.07) is 4.47. The number of ether oxygens (including phenoxy) is 1. The number of amides is 2. The second kappa shape index (κ2) is 6.54. The standard InChI is InChI=1S/C15H17F3N2O3S/c1-14(2,3)19-13(22)23-12-11(21)20(8-24-12)10-6-4-5-9(7-10)15(16,17)18/h4-7,12H,8H2,1-3H3,(H,19,22)/t12-/m0/s1. The van der Waals surface area contributed by atoms with Crippen LogP contribution in [-0.2, 0) is 15.7 Å². The van der Waals surface area contributed by atoms with Crippen molar-refractivity contribution in [2.24, 2.45) is 0 Å². The Labute approximate surface area is 141 Å². The molecule has 1 heterocycles. The van der Waals surface area contributed by atoms with Crippen molar-refractivity contribution in [1.29, 1.82) is 0 Å². The molecule has 1 saturated heterocycles. The molecule has 0 saturated carbocycles. The highest BCUT2D eigenvalue weighted by Gasteiger charge is 2.38. The van der Waals surface area contributed by atoms with Crippen molar-refractivity contribution >= 4 is 29.4 Å². The number of halogens is 3. The van der Waals surface area contributed by atoms with E-state index in [-0.39, 0.29) is 11.6 Å². The summed E-state index contributed by atoms with van der Waals surface area (Å²) in [7, 11) is 0. The van der Waals surface area contributed by atoms with Crippen LogP contribution < -0.4 is 10.2 Å². The molecular formula is C15H17F3N2O3S. The zero-order chi connectivity index (χ0) is 18.1. The molecule has 1 fully saturated rings. The van der Waals surface area contributed by atoms with Crippen LogP contribution in [0.5, 0.6) is 0 Å². The lowest BCUT2D eigenvalue weighted by Gasteiger charge is -2.21. The number of thioether (sulfide) groups is 1. The Morgan fingerprint density at radius 1 is 1.33 bits per heavy atom. The van der Waals surface area contributed by atoms with E-state index in [0.29, 0.717) is 0 Å². The number of nitrogens with zero attached hydrogens (tertiary/aromatic N) is 1. The summed E-state index contributed by atoms with van der Waals surface area (Å²) in [5.74, 6) is -0.462. The van der Waals surface area contributed by atoms with Gasteiger partial charge in [-0.2, -0.15) is 13.2 Å². The van der Waals surface area contributed by atoms with Gasteiger partial charge >= 0.3 is 12.3 Å². The highest BCUT2D eigenvalue weighted by atomic mass is 32.2. The smallest absolute Gasteiger partial charge is 0.416 e. The van der Waals surface area contributed by atoms with E-state index in [1.165, 1.54) is 12.1 Å². The average molecular weight is 362 g/mol. The highest BCUT2D eigenvalue weighted by Crippen LogP contribution is 2.35. The minimum atomic E-state index is -4.49. The van der Waals surface area contributed by atoms with Gasteiger partial charge in [0, 0.05) is 11.2 Å². The van der Waals surface area contributed by atoms with Crippen molar-refractivity contribution in [3.8, 4) is 0 Å². The minimum absolute atomic E-state index is 0.105. The van der Waals surface area contributed by atoms with Crippen LogP contribution in [-0.4, -0.2) is 28.9 Å². The molecule has 0 radical (unpaired) electrons. The van der Waals surface area contributed by atoms with Crippen LogP contribution in [0.15, 0.2) is 24.3 Å². The van der Waals surface area contributed by atoms with Gasteiger partial charge in [0.05, 0.1) is 11.4 Å². The first-order valence-corrected chi connectivity index (χ1v) is 8.11. The summed E-state index contributed by atoms with van der Waals surface area (Å²) in [5, 5.41) is 2.56. The van der Waals surface area contributed by atoms with Crippen LogP contribution in [0.2, 0.25) is 0 Å². The molecule has 2 rings (SSSR count). The summed E-state index contributed by atoms with van der Waals surface area (Å²) in [6.07, 6.45) is -5.24. The van der Waals surface area contributed by atoms with Gasteiger partial charge in [0.15, 0.2) is 0 Å². The van der Waals surface area contributed by atoms with Crippen LogP contribution in [0.25, 0.3) is 0 Å². The van der Waals surface area contributed by atoms with Gasteiger partial charge in [-0.15, -0.1) is 0 Å². The molecular weight excluding hydrogens is 345 g/mol. The molecule has 0 aromatic heterocycles. The van der Waals surface area contributed by atoms with Crippen LogP contribution >= 0.6 is 11.8 Å². The maximum Gasteiger partial charge on any atom is 0.416 e. The number of carbonyl (C=O) groups excluding carboxylic acids is 2. The van der Waals surface area contributed by atoms with E-state index in [1.54, 1.807) is 20.8 Å². The van der Waals surface area contributed by atoms with E-state index in [1.807, 2.05) is 0 Å². The van der Waals surface area contributed by atoms with E-state index >= 15 is 0 Å². The maximum atomic E-state index is 12.8. The Morgan fingerprint density at radius 3 is 2.58 bits per heavy atom. The number of carbonyl (C=O) groups is 2. The van der Waals surface area contributed by atoms with Gasteiger partial charge in [-0.3, -0.25) is 9.69 Å². The van der Waals surface area contributed by atoms with Crippen molar-refractivity contribution in [1.82, 2.24) is 5.32 Å². The summed E-state index contributed by atoms with van der Waals surface area (Å²) in [6.45, 7) is 5.27. The lowest BCUT2D eigenvalue weighted by atomic mass is 10.1. The Kier molecular flexibility index (Phi) is 5.03. The second-order valence-corrected chi connectivity index (χ2v) is 7.24. The van der Waals surface area contributed by atoms with Crippen LogP contribution in [0.4, 0.5) is 23.7 Å². The first-order chi connectivity index (χ1) is 11.0. The van der Waals surface area contributed by atoms with Crippen molar-refractivity contribution in [3.05, 3.63) is 29.8 Å². The van der Waals surface area contributed by atoms with Crippen LogP contribution in [0, 0.1) is 0 Å². The van der Waals surface area contributed by atoms with Crippen molar-refractivity contribution in [2.75, 3.05) is 10.8 Å². The third-order valence-corrected chi connectivity index (χ3v) is 4.01. The van der Waals surface area contributed by atoms with Gasteiger partial charge in [0.1, 0.15) is 0 Å². The predicted octanol–water partition coefficient (Wildman–Crippen LogP) is 3.59. The van der Waals surface area contributed by atoms with Gasteiger partial charge in [0.2, 0.25) is 5.44 Å². The number of hydrogen-bond donors (Lipinski definition) is 1. The van der Waals surface area contributed by atoms with Crippen molar-refractivity contribution < 1.29 is 27.5 Å². The quantitative estimate of drug-likeness (QED) is 0.873. The fourth-order valence-corrected chi connectivity index (χ4v) is 2.96. The lowest BCUT2D eigenvalue weighted by Crippen LogP contribution is -2.43. The fraction of sp³-hybridized carbons (Fsp3) is 0.467. The molecule has 1 aromatic rings. The number of alkyl halides is 3. The van der Waals surface area contributed by atoms with Gasteiger partial charge in [-0.1, -0.05) is 17.8 Å². The van der Waals surface area contributed by atoms with Gasteiger partial charge in [-0.05, 0) is 39.0 Å². The molecule has 5 nitrogen and oxygen atoms in total. The lowest BCUT2D eigenvalue weighted by molar-refractivity contribution is -0.137. The van der Waals surface area contributed by atoms with Crippen LogP contribution in [0.3, 0.4) is 0 Å². The maximum absolute atomic E-state index is 12.8. The van der Waals surface area contributed by atoms with Gasteiger partial charge in [0.25, 0.3) is 5.91 Å². The summed E-state index contributed by atoms with van der Waals surface area (Å²) >= 11 is 1.03. The molecule has 1 aromatic carbocycles. The molecule has 2 amide bonds. The SMILES string of the molecule is CC(C)(C)NC(=O)O[C@H]1SCN(c2cccc(C(F)(F)F)c2)C1=O. The summed E-state index contributed by atoms with van der Waals surface area (Å²) in [4.78, 5) is 25.2. The number of anilines is 1. The van der Waals surface area contributed by atoms with Crippen LogP contribution in [0.1, 0.15) is 26.3 Å². The number of nitrogens with one attached hydrogen (secondary N) is 1. The minimum Gasteiger partial charge on any atom is -0.425 e. The zero-order valence-electron chi connectivity index (χ0n) is 13.3. The highest BCUT2D eigenvalue weighted by molar-refractivity contribution is 8.01. The predicted molar refractivity (Wildman–Crippen MR) is 84.5 cm³/mol. The van der Waals surface area contributed by atoms with E-state index in [9.17, 15) is 22.8 Å². The van der Waals surface area contributed by atoms with Gasteiger partial charge in [-0.25, -0.2) is 4.79 Å². The Hall–Kier alpha value is -1.90. The third kappa shape index (κ3) is 4.56. The molecule has 0 aliphatic carbocycles. The summed E-state index contributed by atoms with van der Waals surface area (Å²) < 4.78 is 43.4. The molecule has 1 N–H and O–H groups in total. The van der Waals surface area contributed by atoms with Crippen molar-refractivity contribution in [2.45, 2.75) is 37.9 Å². The Bertz CT molecular complexity index is 644. The van der Waals surface area contributed by atoms with Gasteiger partial charge < -0.3 is 10.1 Å². The number of benzene rings is 1. The van der Waals surface area contributed by atoms with E-state index in [2.05, 4.69) is 5.32 Å². The number of hydrogen-bond acceptors (Lipinski definition) is 4. The molecule has 1 aliphatic heterocycles. The van der Waals surface area contributed by atoms with E-state index in [4.69, 9.17) is 4.74 Å². The molecule has 1 atom stereocenters. The zero-order valence-corrected chi connectivity index (χ0v) is 14.1. The molecule has 1 aliphatic rings. The Morgan fingerprint density at radius 2 is 2.00 bits per heavy atom. The number of alkyl carbamates (subject to hydrolysis) is 1. The monoisotopic (exact) mass is 362 g/mol. The first kappa shape index (κ1) is 18.4. The Balaban J connectivity index is 2.08. The average Bonchev–Trinajstić information content (AvgIpc) is 2.77. The molecule has 132 valence electrons. The molecule has 0 unspecified atom stereocenters. The first-order valence-electron chi connectivity index (χ1n) is 7.06. The topological polar surface area (TPSA) is 58.6 Å².